The molecule has 2 aliphatic rings. The van der Waals surface area contributed by atoms with Crippen LogP contribution in [0.15, 0.2) is 48.5 Å². The lowest BCUT2D eigenvalue weighted by Crippen LogP contribution is -2.41. The zero-order valence-electron chi connectivity index (χ0n) is 20.7. The van der Waals surface area contributed by atoms with Crippen molar-refractivity contribution in [3.8, 4) is 17.2 Å². The molecule has 1 saturated carbocycles. The van der Waals surface area contributed by atoms with E-state index < -0.39 is 17.7 Å². The first-order chi connectivity index (χ1) is 18.1. The molecule has 1 heterocycles. The lowest BCUT2D eigenvalue weighted by atomic mass is 9.97. The summed E-state index contributed by atoms with van der Waals surface area (Å²) >= 11 is 0. The minimum absolute atomic E-state index is 0.164. The molecule has 204 valence electrons. The van der Waals surface area contributed by atoms with Crippen LogP contribution < -0.4 is 19.9 Å². The summed E-state index contributed by atoms with van der Waals surface area (Å²) in [6.07, 6.45) is -2.47. The molecule has 38 heavy (non-hydrogen) atoms. The van der Waals surface area contributed by atoms with Gasteiger partial charge in [-0.15, -0.1) is 13.2 Å². The topological polar surface area (TPSA) is 108 Å². The van der Waals surface area contributed by atoms with Crippen molar-refractivity contribution in [3.63, 3.8) is 0 Å². The van der Waals surface area contributed by atoms with Gasteiger partial charge in [-0.2, -0.15) is 0 Å². The molecular formula is C27H29F3N2O6. The molecule has 0 spiro atoms. The summed E-state index contributed by atoms with van der Waals surface area (Å²) in [7, 11) is 0. The fraction of sp³-hybridized carbons (Fsp3) is 0.444. The van der Waals surface area contributed by atoms with Crippen molar-refractivity contribution in [3.05, 3.63) is 54.1 Å². The summed E-state index contributed by atoms with van der Waals surface area (Å²) in [4.78, 5) is 38.7. The van der Waals surface area contributed by atoms with E-state index in [0.29, 0.717) is 56.5 Å². The van der Waals surface area contributed by atoms with Gasteiger partial charge in [0.15, 0.2) is 0 Å². The van der Waals surface area contributed by atoms with Crippen molar-refractivity contribution in [2.45, 2.75) is 51.0 Å². The Hall–Kier alpha value is -3.76. The molecule has 0 unspecified atom stereocenters. The van der Waals surface area contributed by atoms with E-state index >= 15 is 0 Å². The predicted octanol–water partition coefficient (Wildman–Crippen LogP) is 4.26. The van der Waals surface area contributed by atoms with Crippen LogP contribution in [0.5, 0.6) is 17.2 Å². The highest BCUT2D eigenvalue weighted by Gasteiger charge is 2.54. The summed E-state index contributed by atoms with van der Waals surface area (Å²) in [5.41, 5.74) is 4.74. The zero-order valence-corrected chi connectivity index (χ0v) is 20.7. The highest BCUT2D eigenvalue weighted by Crippen LogP contribution is 2.47. The van der Waals surface area contributed by atoms with Crippen molar-refractivity contribution in [2.24, 2.45) is 11.1 Å². The van der Waals surface area contributed by atoms with Gasteiger partial charge < -0.3 is 24.8 Å². The van der Waals surface area contributed by atoms with E-state index in [-0.39, 0.29) is 42.3 Å². The van der Waals surface area contributed by atoms with Crippen molar-refractivity contribution >= 4 is 17.6 Å². The minimum atomic E-state index is -4.79. The number of rotatable bonds is 11. The number of benzene rings is 2. The average molecular weight is 535 g/mol. The number of hydrogen-bond acceptors (Lipinski definition) is 6. The number of nitrogens with zero attached hydrogens (tertiary/aromatic N) is 1. The van der Waals surface area contributed by atoms with Crippen molar-refractivity contribution in [1.82, 2.24) is 4.90 Å². The maximum Gasteiger partial charge on any atom is 0.573 e. The largest absolute Gasteiger partial charge is 0.573 e. The highest BCUT2D eigenvalue weighted by molar-refractivity contribution is 6.08. The Kier molecular flexibility index (Phi) is 8.13. The summed E-state index contributed by atoms with van der Waals surface area (Å²) < 4.78 is 53.0. The van der Waals surface area contributed by atoms with E-state index in [1.54, 1.807) is 35.2 Å². The Balaban J connectivity index is 1.26. The van der Waals surface area contributed by atoms with Gasteiger partial charge in [0.05, 0.1) is 12.2 Å². The Morgan fingerprint density at radius 2 is 1.68 bits per heavy atom. The molecule has 2 aromatic rings. The van der Waals surface area contributed by atoms with Crippen LogP contribution in [0.1, 0.15) is 48.9 Å². The Morgan fingerprint density at radius 1 is 1.00 bits per heavy atom. The Bertz CT molecular complexity index is 1170. The molecule has 8 nitrogen and oxygen atoms in total. The zero-order chi connectivity index (χ0) is 27.3. The van der Waals surface area contributed by atoms with Crippen molar-refractivity contribution in [1.29, 1.82) is 0 Å². The Morgan fingerprint density at radius 3 is 2.34 bits per heavy atom. The van der Waals surface area contributed by atoms with Crippen molar-refractivity contribution < 1.29 is 41.8 Å². The number of nitrogens with two attached hydrogens (primary N) is 1. The van der Waals surface area contributed by atoms with Crippen LogP contribution in [0.3, 0.4) is 0 Å². The van der Waals surface area contributed by atoms with Gasteiger partial charge in [-0.1, -0.05) is 18.2 Å². The maximum absolute atomic E-state index is 13.2. The van der Waals surface area contributed by atoms with E-state index in [9.17, 15) is 27.6 Å². The maximum atomic E-state index is 13.2. The highest BCUT2D eigenvalue weighted by atomic mass is 19.4. The second kappa shape index (κ2) is 11.3. The third-order valence-electron chi connectivity index (χ3n) is 6.75. The van der Waals surface area contributed by atoms with Gasteiger partial charge in [-0.3, -0.25) is 14.4 Å². The normalized spacial score (nSPS) is 17.0. The SMILES string of the molecule is NC(=O)C1(C(=O)CCCOc2ccccc2C(=O)N2CCC(Oc3cccc(OC(F)(F)F)c3)CC2)CC1. The van der Waals surface area contributed by atoms with E-state index in [4.69, 9.17) is 15.2 Å². The molecule has 1 aliphatic heterocycles. The van der Waals surface area contributed by atoms with E-state index in [1.807, 2.05) is 0 Å². The number of primary amides is 1. The first-order valence-corrected chi connectivity index (χ1v) is 12.4. The number of amides is 2. The van der Waals surface area contributed by atoms with Crippen LogP contribution in [0.2, 0.25) is 0 Å². The molecule has 2 aromatic carbocycles. The first kappa shape index (κ1) is 27.3. The summed E-state index contributed by atoms with van der Waals surface area (Å²) in [6, 6.07) is 12.2. The molecule has 0 aromatic heterocycles. The molecule has 4 rings (SSSR count). The first-order valence-electron chi connectivity index (χ1n) is 12.4. The van der Waals surface area contributed by atoms with Crippen LogP contribution in [-0.2, 0) is 9.59 Å². The van der Waals surface area contributed by atoms with Gasteiger partial charge in [0.25, 0.3) is 5.91 Å². The van der Waals surface area contributed by atoms with Crippen LogP contribution in [0.25, 0.3) is 0 Å². The standard InChI is InChI=1S/C27H29F3N2O6/c28-27(29,30)38-20-6-3-5-19(17-20)37-18-10-14-32(15-11-18)24(34)21-7-1-2-8-22(21)36-16-4-9-23(33)26(12-13-26)25(31)35/h1-3,5-8,17-18H,4,9-16H2,(H2,31,35). The van der Waals surface area contributed by atoms with E-state index in [2.05, 4.69) is 4.74 Å². The summed E-state index contributed by atoms with van der Waals surface area (Å²) in [6.45, 7) is 1.01. The van der Waals surface area contributed by atoms with Gasteiger partial charge in [0.2, 0.25) is 5.91 Å². The number of hydrogen-bond donors (Lipinski definition) is 1. The third-order valence-corrected chi connectivity index (χ3v) is 6.75. The number of ketones is 1. The van der Waals surface area contributed by atoms with E-state index in [0.717, 1.165) is 0 Å². The number of carbonyl (C=O) groups excluding carboxylic acids is 3. The van der Waals surface area contributed by atoms with Gasteiger partial charge >= 0.3 is 6.36 Å². The number of Topliss-reactive ketones (excluding diaryl/α,β-unsaturated/α-hetero) is 1. The number of ether oxygens (including phenoxy) is 3. The molecule has 1 saturated heterocycles. The molecule has 0 radical (unpaired) electrons. The summed E-state index contributed by atoms with van der Waals surface area (Å²) in [5.74, 6) is -0.636. The third kappa shape index (κ3) is 6.76. The number of piperidine rings is 1. The van der Waals surface area contributed by atoms with Gasteiger partial charge in [0, 0.05) is 38.4 Å². The lowest BCUT2D eigenvalue weighted by molar-refractivity contribution is -0.274. The minimum Gasteiger partial charge on any atom is -0.493 e. The van der Waals surface area contributed by atoms with E-state index in [1.165, 1.54) is 18.2 Å². The molecule has 1 aliphatic carbocycles. The number of alkyl halides is 3. The Labute approximate surface area is 217 Å². The predicted molar refractivity (Wildman–Crippen MR) is 130 cm³/mol. The van der Waals surface area contributed by atoms with Gasteiger partial charge in [-0.05, 0) is 43.5 Å². The van der Waals surface area contributed by atoms with Crippen LogP contribution in [-0.4, -0.2) is 54.7 Å². The molecule has 2 amide bonds. The quantitative estimate of drug-likeness (QED) is 0.341. The van der Waals surface area contributed by atoms with Crippen LogP contribution in [0, 0.1) is 5.41 Å². The monoisotopic (exact) mass is 534 g/mol. The fourth-order valence-electron chi connectivity index (χ4n) is 4.50. The van der Waals surface area contributed by atoms with Crippen molar-refractivity contribution in [2.75, 3.05) is 19.7 Å². The molecule has 2 fully saturated rings. The van der Waals surface area contributed by atoms with Gasteiger partial charge in [-0.25, -0.2) is 0 Å². The number of likely N-dealkylation sites (tertiary alicyclic amines) is 1. The lowest BCUT2D eigenvalue weighted by Gasteiger charge is -2.32. The molecule has 0 atom stereocenters. The van der Waals surface area contributed by atoms with Gasteiger partial charge in [0.1, 0.15) is 34.6 Å². The molecular weight excluding hydrogens is 505 g/mol. The second-order valence-electron chi connectivity index (χ2n) is 9.45. The average Bonchev–Trinajstić information content (AvgIpc) is 3.69. The second-order valence-corrected chi connectivity index (χ2v) is 9.45. The number of carbonyl (C=O) groups is 3. The number of halogens is 3. The smallest absolute Gasteiger partial charge is 0.493 e. The van der Waals surface area contributed by atoms with Crippen LogP contribution in [0.4, 0.5) is 13.2 Å². The summed E-state index contributed by atoms with van der Waals surface area (Å²) in [5, 5.41) is 0. The van der Waals surface area contributed by atoms with Crippen LogP contribution >= 0.6 is 0 Å². The number of para-hydroxylation sites is 1. The molecule has 11 heteroatoms. The molecule has 2 N–H and O–H groups in total. The fourth-order valence-corrected chi connectivity index (χ4v) is 4.50. The molecule has 0 bridgehead atoms.